The van der Waals surface area contributed by atoms with E-state index in [0.717, 1.165) is 12.8 Å². The Bertz CT molecular complexity index is 562. The van der Waals surface area contributed by atoms with Crippen LogP contribution in [0.4, 0.5) is 0 Å². The van der Waals surface area contributed by atoms with Crippen molar-refractivity contribution in [2.45, 2.75) is 38.1 Å². The molecule has 1 saturated carbocycles. The van der Waals surface area contributed by atoms with Crippen LogP contribution in [-0.2, 0) is 13.5 Å². The van der Waals surface area contributed by atoms with E-state index in [1.54, 1.807) is 0 Å². The van der Waals surface area contributed by atoms with Gasteiger partial charge in [-0.2, -0.15) is 0 Å². The van der Waals surface area contributed by atoms with Crippen LogP contribution in [0.1, 0.15) is 30.5 Å². The van der Waals surface area contributed by atoms with Crippen LogP contribution in [0.2, 0.25) is 0 Å². The average molecular weight is 228 g/mol. The molecular weight excluding hydrogens is 208 g/mol. The normalized spacial score (nSPS) is 17.6. The molecule has 0 bridgehead atoms. The molecule has 1 aromatic carbocycles. The Morgan fingerprint density at radius 3 is 2.76 bits per heavy atom. The Hall–Kier alpha value is -1.28. The van der Waals surface area contributed by atoms with Crippen LogP contribution in [0.15, 0.2) is 24.3 Å². The van der Waals surface area contributed by atoms with Crippen LogP contribution in [0.25, 0.3) is 10.9 Å². The van der Waals surface area contributed by atoms with Gasteiger partial charge in [-0.15, -0.1) is 0 Å². The summed E-state index contributed by atoms with van der Waals surface area (Å²) in [7, 11) is 2.16. The van der Waals surface area contributed by atoms with Gasteiger partial charge in [-0.25, -0.2) is 0 Å². The number of aryl methyl sites for hydroxylation is 3. The Morgan fingerprint density at radius 2 is 2.12 bits per heavy atom. The van der Waals surface area contributed by atoms with Crippen molar-refractivity contribution in [2.75, 3.05) is 0 Å². The molecule has 2 N–H and O–H groups in total. The molecule has 1 aliphatic rings. The van der Waals surface area contributed by atoms with Gasteiger partial charge in [0.1, 0.15) is 0 Å². The Balaban J connectivity index is 1.94. The monoisotopic (exact) mass is 228 g/mol. The first-order valence-electron chi connectivity index (χ1n) is 6.42. The number of nitrogens with two attached hydrogens (primary N) is 1. The van der Waals surface area contributed by atoms with Gasteiger partial charge in [0.05, 0.1) is 0 Å². The third kappa shape index (κ3) is 1.87. The number of fused-ring (bicyclic) bond motifs is 1. The first kappa shape index (κ1) is 10.8. The highest BCUT2D eigenvalue weighted by Gasteiger charge is 2.37. The second-order valence-corrected chi connectivity index (χ2v) is 5.56. The van der Waals surface area contributed by atoms with Gasteiger partial charge < -0.3 is 10.3 Å². The predicted octanol–water partition coefficient (Wildman–Crippen LogP) is 2.91. The zero-order chi connectivity index (χ0) is 12.0. The van der Waals surface area contributed by atoms with E-state index in [2.05, 4.69) is 42.8 Å². The minimum Gasteiger partial charge on any atom is -0.348 e. The number of rotatable bonds is 3. The van der Waals surface area contributed by atoms with E-state index < -0.39 is 0 Å². The Labute approximate surface area is 102 Å². The highest BCUT2D eigenvalue weighted by molar-refractivity contribution is 5.84. The van der Waals surface area contributed by atoms with Crippen molar-refractivity contribution in [3.63, 3.8) is 0 Å². The third-order valence-corrected chi connectivity index (χ3v) is 4.18. The smallest absolute Gasteiger partial charge is 0.0482 e. The van der Waals surface area contributed by atoms with Crippen LogP contribution in [0.3, 0.4) is 0 Å². The average Bonchev–Trinajstić information content (AvgIpc) is 2.95. The summed E-state index contributed by atoms with van der Waals surface area (Å²) in [4.78, 5) is 0. The third-order valence-electron chi connectivity index (χ3n) is 4.18. The fraction of sp³-hybridized carbons (Fsp3) is 0.467. The van der Waals surface area contributed by atoms with Crippen molar-refractivity contribution >= 4 is 10.9 Å². The quantitative estimate of drug-likeness (QED) is 0.860. The maximum Gasteiger partial charge on any atom is 0.0482 e. The number of nitrogens with zero attached hydrogens (tertiary/aromatic N) is 1. The molecule has 0 aliphatic heterocycles. The number of hydrogen-bond acceptors (Lipinski definition) is 1. The molecule has 3 rings (SSSR count). The molecule has 2 nitrogen and oxygen atoms in total. The van der Waals surface area contributed by atoms with Gasteiger partial charge in [-0.3, -0.25) is 0 Å². The number of aromatic nitrogens is 1. The first-order chi connectivity index (χ1) is 8.09. The largest absolute Gasteiger partial charge is 0.348 e. The SMILES string of the molecule is Cc1cccc2c1cc(CCC1(N)CC1)n2C. The summed E-state index contributed by atoms with van der Waals surface area (Å²) < 4.78 is 2.31. The molecule has 0 unspecified atom stereocenters. The molecule has 1 aliphatic carbocycles. The summed E-state index contributed by atoms with van der Waals surface area (Å²) in [6, 6.07) is 8.84. The van der Waals surface area contributed by atoms with Gasteiger partial charge in [-0.1, -0.05) is 12.1 Å². The lowest BCUT2D eigenvalue weighted by Gasteiger charge is -2.09. The van der Waals surface area contributed by atoms with Crippen molar-refractivity contribution in [3.8, 4) is 0 Å². The molecule has 1 aromatic heterocycles. The van der Waals surface area contributed by atoms with Crippen molar-refractivity contribution in [2.24, 2.45) is 12.8 Å². The fourth-order valence-corrected chi connectivity index (χ4v) is 2.59. The second-order valence-electron chi connectivity index (χ2n) is 5.56. The van der Waals surface area contributed by atoms with E-state index in [1.807, 2.05) is 0 Å². The number of benzene rings is 1. The molecule has 1 fully saturated rings. The van der Waals surface area contributed by atoms with Gasteiger partial charge in [0, 0.05) is 29.2 Å². The maximum absolute atomic E-state index is 6.16. The van der Waals surface area contributed by atoms with E-state index in [9.17, 15) is 0 Å². The first-order valence-corrected chi connectivity index (χ1v) is 6.42. The Kier molecular flexibility index (Phi) is 2.30. The maximum atomic E-state index is 6.16. The summed E-state index contributed by atoms with van der Waals surface area (Å²) in [5, 5.41) is 1.38. The molecule has 0 spiro atoms. The minimum atomic E-state index is 0.158. The fourth-order valence-electron chi connectivity index (χ4n) is 2.59. The summed E-state index contributed by atoms with van der Waals surface area (Å²) in [6.45, 7) is 2.18. The zero-order valence-corrected chi connectivity index (χ0v) is 10.7. The lowest BCUT2D eigenvalue weighted by Crippen LogP contribution is -2.22. The molecular formula is C15H20N2. The molecule has 0 radical (unpaired) electrons. The highest BCUT2D eigenvalue weighted by atomic mass is 14.9. The molecule has 2 aromatic rings. The molecule has 1 heterocycles. The van der Waals surface area contributed by atoms with Gasteiger partial charge in [0.15, 0.2) is 0 Å². The minimum absolute atomic E-state index is 0.158. The van der Waals surface area contributed by atoms with E-state index in [-0.39, 0.29) is 5.54 Å². The standard InChI is InChI=1S/C15H20N2/c1-11-4-3-5-14-13(11)10-12(17(14)2)6-7-15(16)8-9-15/h3-5,10H,6-9,16H2,1-2H3. The lowest BCUT2D eigenvalue weighted by atomic mass is 10.1. The topological polar surface area (TPSA) is 30.9 Å². The molecule has 0 saturated heterocycles. The van der Waals surface area contributed by atoms with Crippen LogP contribution in [0.5, 0.6) is 0 Å². The molecule has 90 valence electrons. The van der Waals surface area contributed by atoms with E-state index in [1.165, 1.54) is 35.0 Å². The second kappa shape index (κ2) is 3.61. The summed E-state index contributed by atoms with van der Waals surface area (Å²) in [5.74, 6) is 0. The lowest BCUT2D eigenvalue weighted by molar-refractivity contribution is 0.596. The van der Waals surface area contributed by atoms with Crippen LogP contribution in [0, 0.1) is 6.92 Å². The van der Waals surface area contributed by atoms with E-state index >= 15 is 0 Å². The summed E-state index contributed by atoms with van der Waals surface area (Å²) in [6.07, 6.45) is 4.63. The van der Waals surface area contributed by atoms with Gasteiger partial charge in [0.2, 0.25) is 0 Å². The van der Waals surface area contributed by atoms with Crippen LogP contribution >= 0.6 is 0 Å². The van der Waals surface area contributed by atoms with Crippen molar-refractivity contribution in [1.82, 2.24) is 4.57 Å². The van der Waals surface area contributed by atoms with Crippen LogP contribution < -0.4 is 5.73 Å². The highest BCUT2D eigenvalue weighted by Crippen LogP contribution is 2.37. The van der Waals surface area contributed by atoms with Gasteiger partial charge in [0.25, 0.3) is 0 Å². The van der Waals surface area contributed by atoms with E-state index in [4.69, 9.17) is 5.73 Å². The van der Waals surface area contributed by atoms with E-state index in [0.29, 0.717) is 0 Å². The van der Waals surface area contributed by atoms with Gasteiger partial charge >= 0.3 is 0 Å². The van der Waals surface area contributed by atoms with Crippen molar-refractivity contribution in [3.05, 3.63) is 35.5 Å². The molecule has 0 atom stereocenters. The van der Waals surface area contributed by atoms with Crippen LogP contribution in [-0.4, -0.2) is 10.1 Å². The molecule has 17 heavy (non-hydrogen) atoms. The predicted molar refractivity (Wildman–Crippen MR) is 72.1 cm³/mol. The molecule has 0 amide bonds. The van der Waals surface area contributed by atoms with Gasteiger partial charge in [-0.05, 0) is 50.3 Å². The summed E-state index contributed by atoms with van der Waals surface area (Å²) >= 11 is 0. The van der Waals surface area contributed by atoms with Crippen molar-refractivity contribution in [1.29, 1.82) is 0 Å². The number of hydrogen-bond donors (Lipinski definition) is 1. The zero-order valence-electron chi connectivity index (χ0n) is 10.7. The Morgan fingerprint density at radius 1 is 1.35 bits per heavy atom. The van der Waals surface area contributed by atoms with Crippen molar-refractivity contribution < 1.29 is 0 Å². The summed E-state index contributed by atoms with van der Waals surface area (Å²) in [5.41, 5.74) is 10.4. The molecule has 2 heteroatoms.